The van der Waals surface area contributed by atoms with Gasteiger partial charge in [-0.15, -0.1) is 0 Å². The Kier molecular flexibility index (Phi) is 4.56. The van der Waals surface area contributed by atoms with Crippen molar-refractivity contribution in [2.45, 2.75) is 38.3 Å². The largest absolute Gasteiger partial charge is 0.366 e. The van der Waals surface area contributed by atoms with Gasteiger partial charge < -0.3 is 11.1 Å². The molecule has 3 N–H and O–H groups in total. The fourth-order valence-electron chi connectivity index (χ4n) is 3.71. The molecule has 114 valence electrons. The third kappa shape index (κ3) is 3.63. The van der Waals surface area contributed by atoms with E-state index < -0.39 is 0 Å². The molecule has 1 aromatic carbocycles. The van der Waals surface area contributed by atoms with E-state index in [0.717, 1.165) is 31.6 Å². The summed E-state index contributed by atoms with van der Waals surface area (Å²) < 4.78 is 0. The third-order valence-corrected chi connectivity index (χ3v) is 4.92. The summed E-state index contributed by atoms with van der Waals surface area (Å²) in [5.41, 5.74) is 7.14. The van der Waals surface area contributed by atoms with Crippen LogP contribution in [0.15, 0.2) is 24.3 Å². The summed E-state index contributed by atoms with van der Waals surface area (Å²) in [6, 6.07) is 8.46. The molecular formula is C17H25N3O. The van der Waals surface area contributed by atoms with Crippen LogP contribution in [0.25, 0.3) is 0 Å². The number of hydrogen-bond donors (Lipinski definition) is 2. The smallest absolute Gasteiger partial charge is 0.248 e. The standard InChI is InChI=1S/C17H25N3O/c18-17(21)15-4-1-3-13(11-15)12-20-9-6-14(7-10-20)16-5-2-8-19-16/h1,3-4,11,14,16,19H,2,5-10,12H2,(H2,18,21). The van der Waals surface area contributed by atoms with Gasteiger partial charge in [0.05, 0.1) is 0 Å². The van der Waals surface area contributed by atoms with Gasteiger partial charge in [0.15, 0.2) is 0 Å². The predicted octanol–water partition coefficient (Wildman–Crippen LogP) is 1.75. The van der Waals surface area contributed by atoms with E-state index in [0.29, 0.717) is 5.56 Å². The van der Waals surface area contributed by atoms with Crippen molar-refractivity contribution in [1.29, 1.82) is 0 Å². The van der Waals surface area contributed by atoms with Crippen LogP contribution in [-0.2, 0) is 6.54 Å². The maximum Gasteiger partial charge on any atom is 0.248 e. The van der Waals surface area contributed by atoms with Crippen molar-refractivity contribution < 1.29 is 4.79 Å². The first-order chi connectivity index (χ1) is 10.2. The lowest BCUT2D eigenvalue weighted by atomic mass is 9.88. The minimum atomic E-state index is -0.345. The predicted molar refractivity (Wildman–Crippen MR) is 84.0 cm³/mol. The van der Waals surface area contributed by atoms with E-state index in [1.165, 1.54) is 37.8 Å². The van der Waals surface area contributed by atoms with E-state index >= 15 is 0 Å². The number of primary amides is 1. The molecule has 0 aromatic heterocycles. The first-order valence-electron chi connectivity index (χ1n) is 8.07. The van der Waals surface area contributed by atoms with Crippen LogP contribution in [0, 0.1) is 5.92 Å². The number of nitrogens with one attached hydrogen (secondary N) is 1. The second kappa shape index (κ2) is 6.58. The van der Waals surface area contributed by atoms with Crippen molar-refractivity contribution >= 4 is 5.91 Å². The zero-order valence-electron chi connectivity index (χ0n) is 12.6. The van der Waals surface area contributed by atoms with E-state index in [4.69, 9.17) is 5.73 Å². The molecule has 1 aromatic rings. The molecule has 21 heavy (non-hydrogen) atoms. The van der Waals surface area contributed by atoms with E-state index in [2.05, 4.69) is 16.3 Å². The lowest BCUT2D eigenvalue weighted by Gasteiger charge is -2.35. The van der Waals surface area contributed by atoms with Gasteiger partial charge in [0.25, 0.3) is 0 Å². The van der Waals surface area contributed by atoms with E-state index in [-0.39, 0.29) is 5.91 Å². The zero-order valence-corrected chi connectivity index (χ0v) is 12.6. The van der Waals surface area contributed by atoms with Gasteiger partial charge in [-0.25, -0.2) is 0 Å². The van der Waals surface area contributed by atoms with Gasteiger partial charge >= 0.3 is 0 Å². The molecule has 4 heteroatoms. The number of nitrogens with zero attached hydrogens (tertiary/aromatic N) is 1. The molecule has 4 nitrogen and oxygen atoms in total. The lowest BCUT2D eigenvalue weighted by Crippen LogP contribution is -2.40. The summed E-state index contributed by atoms with van der Waals surface area (Å²) in [6.07, 6.45) is 5.26. The number of likely N-dealkylation sites (tertiary alicyclic amines) is 1. The molecule has 1 unspecified atom stereocenters. The Labute approximate surface area is 126 Å². The molecule has 3 rings (SSSR count). The minimum absolute atomic E-state index is 0.345. The first-order valence-corrected chi connectivity index (χ1v) is 8.07. The van der Waals surface area contributed by atoms with Crippen LogP contribution in [0.2, 0.25) is 0 Å². The van der Waals surface area contributed by atoms with Crippen LogP contribution < -0.4 is 11.1 Å². The number of carbonyl (C=O) groups excluding carboxylic acids is 1. The lowest BCUT2D eigenvalue weighted by molar-refractivity contribution is 0.1000. The summed E-state index contributed by atoms with van der Waals surface area (Å²) in [5, 5.41) is 3.64. The van der Waals surface area contributed by atoms with Crippen LogP contribution in [-0.4, -0.2) is 36.5 Å². The molecule has 2 fully saturated rings. The minimum Gasteiger partial charge on any atom is -0.366 e. The molecular weight excluding hydrogens is 262 g/mol. The van der Waals surface area contributed by atoms with Crippen molar-refractivity contribution in [3.05, 3.63) is 35.4 Å². The van der Waals surface area contributed by atoms with Crippen molar-refractivity contribution in [2.24, 2.45) is 11.7 Å². The van der Waals surface area contributed by atoms with Gasteiger partial charge in [0, 0.05) is 18.2 Å². The number of hydrogen-bond acceptors (Lipinski definition) is 3. The Bertz CT molecular complexity index is 489. The monoisotopic (exact) mass is 287 g/mol. The van der Waals surface area contributed by atoms with Crippen molar-refractivity contribution in [2.75, 3.05) is 19.6 Å². The summed E-state index contributed by atoms with van der Waals surface area (Å²) in [7, 11) is 0. The Morgan fingerprint density at radius 1 is 1.29 bits per heavy atom. The Morgan fingerprint density at radius 2 is 2.10 bits per heavy atom. The average Bonchev–Trinajstić information content (AvgIpc) is 3.02. The number of carbonyl (C=O) groups is 1. The highest BCUT2D eigenvalue weighted by molar-refractivity contribution is 5.92. The van der Waals surface area contributed by atoms with Gasteiger partial charge in [0.1, 0.15) is 0 Å². The molecule has 0 bridgehead atoms. The topological polar surface area (TPSA) is 58.4 Å². The number of nitrogens with two attached hydrogens (primary N) is 1. The maximum absolute atomic E-state index is 11.2. The number of benzene rings is 1. The van der Waals surface area contributed by atoms with Crippen LogP contribution in [0.5, 0.6) is 0 Å². The molecule has 1 amide bonds. The molecule has 2 saturated heterocycles. The highest BCUT2D eigenvalue weighted by atomic mass is 16.1. The van der Waals surface area contributed by atoms with Crippen molar-refractivity contribution in [1.82, 2.24) is 10.2 Å². The Morgan fingerprint density at radius 3 is 2.76 bits per heavy atom. The van der Waals surface area contributed by atoms with Crippen molar-refractivity contribution in [3.63, 3.8) is 0 Å². The van der Waals surface area contributed by atoms with Crippen LogP contribution >= 0.6 is 0 Å². The first kappa shape index (κ1) is 14.5. The molecule has 2 aliphatic rings. The molecule has 0 saturated carbocycles. The average molecular weight is 287 g/mol. The molecule has 0 spiro atoms. The van der Waals surface area contributed by atoms with Gasteiger partial charge in [-0.2, -0.15) is 0 Å². The van der Waals surface area contributed by atoms with Crippen LogP contribution in [0.4, 0.5) is 0 Å². The van der Waals surface area contributed by atoms with Gasteiger partial charge in [-0.3, -0.25) is 9.69 Å². The molecule has 0 radical (unpaired) electrons. The highest BCUT2D eigenvalue weighted by Crippen LogP contribution is 2.26. The third-order valence-electron chi connectivity index (χ3n) is 4.92. The second-order valence-electron chi connectivity index (χ2n) is 6.38. The fourth-order valence-corrected chi connectivity index (χ4v) is 3.71. The highest BCUT2D eigenvalue weighted by Gasteiger charge is 2.28. The molecule has 1 atom stereocenters. The van der Waals surface area contributed by atoms with Crippen LogP contribution in [0.3, 0.4) is 0 Å². The second-order valence-corrected chi connectivity index (χ2v) is 6.38. The van der Waals surface area contributed by atoms with Crippen LogP contribution in [0.1, 0.15) is 41.6 Å². The van der Waals surface area contributed by atoms with Crippen molar-refractivity contribution in [3.8, 4) is 0 Å². The molecule has 2 heterocycles. The maximum atomic E-state index is 11.2. The SMILES string of the molecule is NC(=O)c1cccc(CN2CCC(C3CCCN3)CC2)c1. The number of amides is 1. The quantitative estimate of drug-likeness (QED) is 0.887. The van der Waals surface area contributed by atoms with Gasteiger partial charge in [-0.1, -0.05) is 12.1 Å². The van der Waals surface area contributed by atoms with E-state index in [1.807, 2.05) is 12.1 Å². The molecule has 0 aliphatic carbocycles. The summed E-state index contributed by atoms with van der Waals surface area (Å²) in [6.45, 7) is 4.43. The Balaban J connectivity index is 1.53. The fraction of sp³-hybridized carbons (Fsp3) is 0.588. The normalized spacial score (nSPS) is 24.3. The summed E-state index contributed by atoms with van der Waals surface area (Å²) in [4.78, 5) is 13.7. The Hall–Kier alpha value is -1.39. The number of piperidine rings is 1. The van der Waals surface area contributed by atoms with Gasteiger partial charge in [-0.05, 0) is 68.9 Å². The summed E-state index contributed by atoms with van der Waals surface area (Å²) >= 11 is 0. The zero-order chi connectivity index (χ0) is 14.7. The van der Waals surface area contributed by atoms with E-state index in [1.54, 1.807) is 6.07 Å². The molecule has 2 aliphatic heterocycles. The summed E-state index contributed by atoms with van der Waals surface area (Å²) in [5.74, 6) is 0.503. The van der Waals surface area contributed by atoms with Gasteiger partial charge in [0.2, 0.25) is 5.91 Å². The number of rotatable bonds is 4. The van der Waals surface area contributed by atoms with E-state index in [9.17, 15) is 4.79 Å².